The second-order valence-corrected chi connectivity index (χ2v) is 5.95. The van der Waals surface area contributed by atoms with Crippen LogP contribution in [0.1, 0.15) is 5.56 Å². The molecule has 0 spiro atoms. The van der Waals surface area contributed by atoms with Crippen LogP contribution >= 0.6 is 0 Å². The number of hydrazine groups is 1. The van der Waals surface area contributed by atoms with Gasteiger partial charge in [-0.1, -0.05) is 24.3 Å². The molecule has 21 heavy (non-hydrogen) atoms. The van der Waals surface area contributed by atoms with Gasteiger partial charge in [0.2, 0.25) is 0 Å². The van der Waals surface area contributed by atoms with E-state index in [4.69, 9.17) is 0 Å². The van der Waals surface area contributed by atoms with E-state index in [1.807, 2.05) is 0 Å². The molecule has 0 heterocycles. The van der Waals surface area contributed by atoms with Gasteiger partial charge in [-0.25, -0.2) is 8.42 Å². The Balaban J connectivity index is 2.27. The number of hydrogen-bond acceptors (Lipinski definition) is 5. The van der Waals surface area contributed by atoms with Gasteiger partial charge in [-0.2, -0.15) is 0 Å². The first kappa shape index (κ1) is 14.9. The molecule has 0 aliphatic heterocycles. The van der Waals surface area contributed by atoms with Crippen LogP contribution in [0, 0.1) is 17.0 Å². The number of benzene rings is 2. The molecule has 2 N–H and O–H groups in total. The number of nitro groups is 1. The summed E-state index contributed by atoms with van der Waals surface area (Å²) in [5.74, 6) is 0. The number of aryl methyl sites for hydroxylation is 1. The zero-order valence-corrected chi connectivity index (χ0v) is 11.9. The molecule has 0 saturated carbocycles. The summed E-state index contributed by atoms with van der Waals surface area (Å²) < 4.78 is 24.4. The van der Waals surface area contributed by atoms with Gasteiger partial charge in [-0.05, 0) is 24.6 Å². The second kappa shape index (κ2) is 5.90. The average Bonchev–Trinajstić information content (AvgIpc) is 2.46. The number of hydrogen-bond donors (Lipinski definition) is 2. The van der Waals surface area contributed by atoms with Crippen molar-refractivity contribution in [2.24, 2.45) is 0 Å². The maximum Gasteiger partial charge on any atom is 0.270 e. The van der Waals surface area contributed by atoms with Gasteiger partial charge in [-0.3, -0.25) is 10.1 Å². The lowest BCUT2D eigenvalue weighted by Crippen LogP contribution is -2.30. The topological polar surface area (TPSA) is 101 Å². The van der Waals surface area contributed by atoms with Crippen LogP contribution in [0.5, 0.6) is 0 Å². The van der Waals surface area contributed by atoms with Crippen molar-refractivity contribution >= 4 is 21.4 Å². The van der Waals surface area contributed by atoms with E-state index in [-0.39, 0.29) is 10.6 Å². The molecule has 2 rings (SSSR count). The zero-order valence-electron chi connectivity index (χ0n) is 11.1. The summed E-state index contributed by atoms with van der Waals surface area (Å²) in [6.45, 7) is 1.57. The molecule has 2 aromatic rings. The number of nitrogens with one attached hydrogen (secondary N) is 2. The van der Waals surface area contributed by atoms with E-state index in [0.717, 1.165) is 6.07 Å². The molecule has 0 unspecified atom stereocenters. The highest BCUT2D eigenvalue weighted by Gasteiger charge is 2.20. The number of nitrogens with zero attached hydrogens (tertiary/aromatic N) is 1. The maximum atomic E-state index is 12.2. The first-order valence-corrected chi connectivity index (χ1v) is 7.46. The lowest BCUT2D eigenvalue weighted by Gasteiger charge is -2.11. The van der Waals surface area contributed by atoms with Crippen molar-refractivity contribution in [3.63, 3.8) is 0 Å². The minimum absolute atomic E-state index is 0.139. The standard InChI is InChI=1S/C13H13N3O4S/c1-10-7-8-12(16(17)18)9-13(10)21(19,20)15-14-11-5-3-2-4-6-11/h2-9,14-15H,1H3. The Morgan fingerprint density at radius 2 is 1.76 bits per heavy atom. The molecule has 0 aliphatic rings. The van der Waals surface area contributed by atoms with Crippen LogP contribution in [0.2, 0.25) is 0 Å². The van der Waals surface area contributed by atoms with Crippen molar-refractivity contribution in [3.8, 4) is 0 Å². The Morgan fingerprint density at radius 1 is 1.10 bits per heavy atom. The van der Waals surface area contributed by atoms with Crippen molar-refractivity contribution in [2.45, 2.75) is 11.8 Å². The molecular weight excluding hydrogens is 294 g/mol. The van der Waals surface area contributed by atoms with E-state index in [1.165, 1.54) is 12.1 Å². The van der Waals surface area contributed by atoms with Crippen molar-refractivity contribution < 1.29 is 13.3 Å². The molecule has 2 aromatic carbocycles. The Bertz CT molecular complexity index is 760. The number of sulfonamides is 1. The predicted octanol–water partition coefficient (Wildman–Crippen LogP) is 2.21. The molecule has 110 valence electrons. The fourth-order valence-corrected chi connectivity index (χ4v) is 2.82. The molecule has 7 nitrogen and oxygen atoms in total. The normalized spacial score (nSPS) is 11.1. The van der Waals surface area contributed by atoms with Gasteiger partial charge in [0.25, 0.3) is 15.7 Å². The fourth-order valence-electron chi connectivity index (χ4n) is 1.69. The van der Waals surface area contributed by atoms with Gasteiger partial charge < -0.3 is 5.43 Å². The molecule has 0 aliphatic carbocycles. The molecule has 0 atom stereocenters. The van der Waals surface area contributed by atoms with E-state index in [0.29, 0.717) is 11.3 Å². The summed E-state index contributed by atoms with van der Waals surface area (Å²) in [4.78, 5) is 12.2. The number of non-ortho nitro benzene ring substituents is 1. The summed E-state index contributed by atoms with van der Waals surface area (Å²) in [6, 6.07) is 12.3. The minimum atomic E-state index is -3.91. The van der Waals surface area contributed by atoms with Crippen molar-refractivity contribution in [1.29, 1.82) is 0 Å². The van der Waals surface area contributed by atoms with E-state index in [2.05, 4.69) is 10.3 Å². The number of rotatable bonds is 5. The SMILES string of the molecule is Cc1ccc([N+](=O)[O-])cc1S(=O)(=O)NNc1ccccc1. The van der Waals surface area contributed by atoms with Gasteiger partial charge in [0, 0.05) is 17.8 Å². The van der Waals surface area contributed by atoms with E-state index in [9.17, 15) is 18.5 Å². The number of anilines is 1. The summed E-state index contributed by atoms with van der Waals surface area (Å²) in [6.07, 6.45) is 0. The summed E-state index contributed by atoms with van der Waals surface area (Å²) in [5.41, 5.74) is 3.25. The summed E-state index contributed by atoms with van der Waals surface area (Å²) in [7, 11) is -3.91. The molecule has 0 saturated heterocycles. The van der Waals surface area contributed by atoms with Gasteiger partial charge in [0.1, 0.15) is 0 Å². The molecule has 0 amide bonds. The van der Waals surface area contributed by atoms with E-state index >= 15 is 0 Å². The van der Waals surface area contributed by atoms with Crippen LogP contribution in [0.15, 0.2) is 53.4 Å². The third-order valence-electron chi connectivity index (χ3n) is 2.78. The second-order valence-electron chi connectivity index (χ2n) is 4.30. The summed E-state index contributed by atoms with van der Waals surface area (Å²) >= 11 is 0. The third kappa shape index (κ3) is 3.56. The van der Waals surface area contributed by atoms with Crippen LogP contribution in [-0.2, 0) is 10.0 Å². The number of nitro benzene ring substituents is 1. The summed E-state index contributed by atoms with van der Waals surface area (Å²) in [5, 5.41) is 10.7. The molecule has 0 fully saturated rings. The number of para-hydroxylation sites is 1. The monoisotopic (exact) mass is 307 g/mol. The average molecular weight is 307 g/mol. The van der Waals surface area contributed by atoms with E-state index < -0.39 is 14.9 Å². The van der Waals surface area contributed by atoms with E-state index in [1.54, 1.807) is 37.3 Å². The first-order valence-electron chi connectivity index (χ1n) is 5.98. The van der Waals surface area contributed by atoms with Crippen molar-refractivity contribution in [3.05, 3.63) is 64.2 Å². The quantitative estimate of drug-likeness (QED) is 0.651. The molecule has 0 aromatic heterocycles. The lowest BCUT2D eigenvalue weighted by atomic mass is 10.2. The van der Waals surface area contributed by atoms with Gasteiger partial charge in [0.15, 0.2) is 0 Å². The first-order chi connectivity index (χ1) is 9.90. The van der Waals surface area contributed by atoms with Crippen LogP contribution < -0.4 is 10.3 Å². The largest absolute Gasteiger partial charge is 0.308 e. The molecule has 8 heteroatoms. The zero-order chi connectivity index (χ0) is 15.5. The molecular formula is C13H13N3O4S. The Labute approximate surface area is 121 Å². The predicted molar refractivity (Wildman–Crippen MR) is 78.2 cm³/mol. The highest BCUT2D eigenvalue weighted by Crippen LogP contribution is 2.21. The van der Waals surface area contributed by atoms with Gasteiger partial charge in [-0.15, -0.1) is 4.83 Å². The van der Waals surface area contributed by atoms with Gasteiger partial charge >= 0.3 is 0 Å². The van der Waals surface area contributed by atoms with Crippen LogP contribution in [0.25, 0.3) is 0 Å². The Hall–Kier alpha value is -2.45. The Morgan fingerprint density at radius 3 is 2.38 bits per heavy atom. The smallest absolute Gasteiger partial charge is 0.270 e. The molecule has 0 radical (unpaired) electrons. The van der Waals surface area contributed by atoms with Crippen LogP contribution in [0.3, 0.4) is 0 Å². The molecule has 0 bridgehead atoms. The lowest BCUT2D eigenvalue weighted by molar-refractivity contribution is -0.385. The third-order valence-corrected chi connectivity index (χ3v) is 4.17. The minimum Gasteiger partial charge on any atom is -0.308 e. The van der Waals surface area contributed by atoms with Crippen molar-refractivity contribution in [2.75, 3.05) is 5.43 Å². The van der Waals surface area contributed by atoms with Crippen LogP contribution in [-0.4, -0.2) is 13.3 Å². The maximum absolute atomic E-state index is 12.2. The highest BCUT2D eigenvalue weighted by molar-refractivity contribution is 7.89. The fraction of sp³-hybridized carbons (Fsp3) is 0.0769. The van der Waals surface area contributed by atoms with Crippen molar-refractivity contribution in [1.82, 2.24) is 4.83 Å². The van der Waals surface area contributed by atoms with Gasteiger partial charge in [0.05, 0.1) is 9.82 Å². The highest BCUT2D eigenvalue weighted by atomic mass is 32.2. The van der Waals surface area contributed by atoms with Crippen LogP contribution in [0.4, 0.5) is 11.4 Å². The Kier molecular flexibility index (Phi) is 4.20.